The molecule has 0 radical (unpaired) electrons. The minimum absolute atomic E-state index is 0.000185. The van der Waals surface area contributed by atoms with Crippen LogP contribution >= 0.6 is 0 Å². The van der Waals surface area contributed by atoms with Crippen molar-refractivity contribution in [1.82, 2.24) is 0 Å². The highest BCUT2D eigenvalue weighted by atomic mass is 16.6. The molecule has 3 aliphatic heterocycles. The van der Waals surface area contributed by atoms with Crippen LogP contribution in [-0.4, -0.2) is 24.3 Å². The Morgan fingerprint density at radius 1 is 1.12 bits per heavy atom. The van der Waals surface area contributed by atoms with E-state index in [0.29, 0.717) is 23.7 Å². The van der Waals surface area contributed by atoms with E-state index in [1.165, 1.54) is 0 Å². The molecule has 0 spiro atoms. The molecule has 3 heterocycles. The summed E-state index contributed by atoms with van der Waals surface area (Å²) in [7, 11) is 0. The number of esters is 1. The van der Waals surface area contributed by atoms with E-state index in [4.69, 9.17) is 9.47 Å². The Balaban J connectivity index is 2.06. The second-order valence-corrected chi connectivity index (χ2v) is 6.77. The van der Waals surface area contributed by atoms with E-state index in [-0.39, 0.29) is 24.3 Å². The summed E-state index contributed by atoms with van der Waals surface area (Å²) in [5.41, 5.74) is -0.394. The van der Waals surface area contributed by atoms with E-state index in [0.717, 1.165) is 0 Å². The molecule has 0 aromatic carbocycles. The van der Waals surface area contributed by atoms with Gasteiger partial charge in [-0.05, 0) is 18.8 Å². The summed E-state index contributed by atoms with van der Waals surface area (Å²) < 4.78 is 11.8. The van der Waals surface area contributed by atoms with Crippen molar-refractivity contribution in [2.24, 2.45) is 29.1 Å². The first-order chi connectivity index (χ1) is 7.89. The number of hydrogen-bond donors (Lipinski definition) is 0. The van der Waals surface area contributed by atoms with E-state index >= 15 is 0 Å². The smallest absolute Gasteiger partial charge is 0.315 e. The summed E-state index contributed by atoms with van der Waals surface area (Å²) in [5.74, 6) is 1.63. The number of carbonyl (C=O) groups is 1. The first-order valence-corrected chi connectivity index (χ1v) is 6.75. The molecule has 3 rings (SSSR count). The van der Waals surface area contributed by atoms with Crippen molar-refractivity contribution in [3.05, 3.63) is 0 Å². The van der Waals surface area contributed by atoms with Crippen LogP contribution in [0.4, 0.5) is 0 Å². The van der Waals surface area contributed by atoms with Crippen LogP contribution in [0.15, 0.2) is 0 Å². The summed E-state index contributed by atoms with van der Waals surface area (Å²) in [6.45, 7) is 10.8. The average Bonchev–Trinajstić information content (AvgIpc) is 2.73. The third-order valence-corrected chi connectivity index (χ3v) is 5.17. The molecule has 0 aromatic heterocycles. The van der Waals surface area contributed by atoms with Crippen molar-refractivity contribution in [3.63, 3.8) is 0 Å². The molecule has 6 unspecified atom stereocenters. The van der Waals surface area contributed by atoms with Crippen molar-refractivity contribution in [1.29, 1.82) is 0 Å². The monoisotopic (exact) mass is 238 g/mol. The first-order valence-electron chi connectivity index (χ1n) is 6.75. The van der Waals surface area contributed by atoms with Gasteiger partial charge in [0.05, 0.1) is 6.10 Å². The van der Waals surface area contributed by atoms with Crippen LogP contribution < -0.4 is 0 Å². The standard InChI is InChI=1S/C14H22O3/c1-6(2)8-10-9(7(3)4)14(5)12(16-10)11(8)17-13(14)15/h6-12H,1-5H3. The number of fused-ring (bicyclic) bond motifs is 1. The fraction of sp³-hybridized carbons (Fsp3) is 0.929. The van der Waals surface area contributed by atoms with Crippen LogP contribution in [0.1, 0.15) is 34.6 Å². The van der Waals surface area contributed by atoms with Crippen LogP contribution in [0.25, 0.3) is 0 Å². The minimum atomic E-state index is -0.394. The normalized spacial score (nSPS) is 51.7. The molecule has 0 N–H and O–H groups in total. The second kappa shape index (κ2) is 3.25. The van der Waals surface area contributed by atoms with Crippen LogP contribution in [0, 0.1) is 29.1 Å². The minimum Gasteiger partial charge on any atom is -0.459 e. The lowest BCUT2D eigenvalue weighted by Crippen LogP contribution is -2.48. The molecule has 2 bridgehead atoms. The second-order valence-electron chi connectivity index (χ2n) is 6.77. The molecule has 0 saturated carbocycles. The third-order valence-electron chi connectivity index (χ3n) is 5.17. The van der Waals surface area contributed by atoms with Crippen molar-refractivity contribution < 1.29 is 14.3 Å². The van der Waals surface area contributed by atoms with E-state index in [1.54, 1.807) is 0 Å². The molecular weight excluding hydrogens is 216 g/mol. The zero-order valence-electron chi connectivity index (χ0n) is 11.3. The number of rotatable bonds is 2. The summed E-state index contributed by atoms with van der Waals surface area (Å²) in [6, 6.07) is 0. The van der Waals surface area contributed by atoms with Gasteiger partial charge < -0.3 is 9.47 Å². The maximum absolute atomic E-state index is 12.2. The number of hydrogen-bond acceptors (Lipinski definition) is 3. The van der Waals surface area contributed by atoms with E-state index in [2.05, 4.69) is 27.7 Å². The Hall–Kier alpha value is -0.570. The summed E-state index contributed by atoms with van der Waals surface area (Å²) in [6.07, 6.45) is 0.216. The largest absolute Gasteiger partial charge is 0.459 e. The SMILES string of the molecule is CC(C)C1C2OC(=O)C3(C)C2OC1C3C(C)C. The van der Waals surface area contributed by atoms with Gasteiger partial charge in [-0.15, -0.1) is 0 Å². The average molecular weight is 238 g/mol. The van der Waals surface area contributed by atoms with Crippen LogP contribution in [-0.2, 0) is 14.3 Å². The van der Waals surface area contributed by atoms with Crippen LogP contribution in [0.5, 0.6) is 0 Å². The molecule has 6 atom stereocenters. The molecule has 3 fully saturated rings. The molecule has 96 valence electrons. The number of carbonyl (C=O) groups excluding carboxylic acids is 1. The van der Waals surface area contributed by atoms with Gasteiger partial charge in [-0.2, -0.15) is 0 Å². The molecule has 3 aliphatic rings. The molecule has 0 amide bonds. The Bertz CT molecular complexity index is 362. The van der Waals surface area contributed by atoms with Gasteiger partial charge in [0.2, 0.25) is 0 Å². The summed E-state index contributed by atoms with van der Waals surface area (Å²) in [4.78, 5) is 12.2. The lowest BCUT2D eigenvalue weighted by Gasteiger charge is -2.37. The molecular formula is C14H22O3. The highest BCUT2D eigenvalue weighted by molar-refractivity contribution is 5.82. The maximum Gasteiger partial charge on any atom is 0.315 e. The highest BCUT2D eigenvalue weighted by Gasteiger charge is 2.75. The summed E-state index contributed by atoms with van der Waals surface area (Å²) >= 11 is 0. The molecule has 3 saturated heterocycles. The third kappa shape index (κ3) is 1.14. The fourth-order valence-electron chi connectivity index (χ4n) is 4.54. The van der Waals surface area contributed by atoms with Crippen molar-refractivity contribution in [2.75, 3.05) is 0 Å². The lowest BCUT2D eigenvalue weighted by molar-refractivity contribution is -0.149. The van der Waals surface area contributed by atoms with Gasteiger partial charge in [-0.3, -0.25) is 4.79 Å². The Morgan fingerprint density at radius 3 is 2.29 bits per heavy atom. The predicted octanol–water partition coefficient (Wildman–Crippen LogP) is 2.24. The summed E-state index contributed by atoms with van der Waals surface area (Å²) in [5, 5.41) is 0. The van der Waals surface area contributed by atoms with Crippen molar-refractivity contribution >= 4 is 5.97 Å². The predicted molar refractivity (Wildman–Crippen MR) is 63.3 cm³/mol. The van der Waals surface area contributed by atoms with Gasteiger partial charge in [0.25, 0.3) is 0 Å². The quantitative estimate of drug-likeness (QED) is 0.692. The topological polar surface area (TPSA) is 35.5 Å². The lowest BCUT2D eigenvalue weighted by atomic mass is 9.60. The van der Waals surface area contributed by atoms with Crippen LogP contribution in [0.2, 0.25) is 0 Å². The Kier molecular flexibility index (Phi) is 2.20. The molecule has 0 aliphatic carbocycles. The van der Waals surface area contributed by atoms with Crippen molar-refractivity contribution in [2.45, 2.75) is 52.9 Å². The van der Waals surface area contributed by atoms with Gasteiger partial charge in [0.15, 0.2) is 0 Å². The molecule has 3 nitrogen and oxygen atoms in total. The Labute approximate surface area is 103 Å². The van der Waals surface area contributed by atoms with E-state index in [1.807, 2.05) is 6.92 Å². The fourth-order valence-corrected chi connectivity index (χ4v) is 4.54. The van der Waals surface area contributed by atoms with Gasteiger partial charge in [-0.1, -0.05) is 27.7 Å². The van der Waals surface area contributed by atoms with Crippen LogP contribution in [0.3, 0.4) is 0 Å². The number of ether oxygens (including phenoxy) is 2. The van der Waals surface area contributed by atoms with E-state index in [9.17, 15) is 4.79 Å². The zero-order valence-corrected chi connectivity index (χ0v) is 11.3. The van der Waals surface area contributed by atoms with Gasteiger partial charge >= 0.3 is 5.97 Å². The maximum atomic E-state index is 12.2. The van der Waals surface area contributed by atoms with E-state index < -0.39 is 5.41 Å². The van der Waals surface area contributed by atoms with Gasteiger partial charge in [0, 0.05) is 11.8 Å². The van der Waals surface area contributed by atoms with Gasteiger partial charge in [-0.25, -0.2) is 0 Å². The molecule has 17 heavy (non-hydrogen) atoms. The zero-order chi connectivity index (χ0) is 12.5. The van der Waals surface area contributed by atoms with Gasteiger partial charge in [0.1, 0.15) is 17.6 Å². The Morgan fingerprint density at radius 2 is 1.76 bits per heavy atom. The molecule has 0 aromatic rings. The molecule has 3 heteroatoms. The van der Waals surface area contributed by atoms with Crippen molar-refractivity contribution in [3.8, 4) is 0 Å². The highest BCUT2D eigenvalue weighted by Crippen LogP contribution is 2.62. The first kappa shape index (κ1) is 11.5.